The highest BCUT2D eigenvalue weighted by atomic mass is 19.1. The molecule has 2 aromatic carbocycles. The fourth-order valence-electron chi connectivity index (χ4n) is 4.74. The lowest BCUT2D eigenvalue weighted by molar-refractivity contribution is 0.0836. The van der Waals surface area contributed by atoms with Crippen LogP contribution in [-0.4, -0.2) is 68.9 Å². The monoisotopic (exact) mass is 436 g/mol. The van der Waals surface area contributed by atoms with E-state index in [0.29, 0.717) is 17.9 Å². The summed E-state index contributed by atoms with van der Waals surface area (Å²) in [4.78, 5) is 4.75. The summed E-state index contributed by atoms with van der Waals surface area (Å²) < 4.78 is 22.6. The van der Waals surface area contributed by atoms with Crippen molar-refractivity contribution in [1.82, 2.24) is 30.0 Å². The van der Waals surface area contributed by atoms with E-state index in [1.54, 1.807) is 6.07 Å². The minimum atomic E-state index is -0.327. The number of aromatic nitrogens is 4. The molecule has 5 rings (SSSR count). The predicted octanol–water partition coefficient (Wildman–Crippen LogP) is 2.90. The summed E-state index contributed by atoms with van der Waals surface area (Å²) in [5.41, 5.74) is 1.93. The maximum absolute atomic E-state index is 14.9. The molecule has 0 bridgehead atoms. The van der Waals surface area contributed by atoms with Crippen LogP contribution in [0.5, 0.6) is 0 Å². The summed E-state index contributed by atoms with van der Waals surface area (Å²) in [7, 11) is 0. The summed E-state index contributed by atoms with van der Waals surface area (Å²) in [6.45, 7) is 5.76. The van der Waals surface area contributed by atoms with Crippen molar-refractivity contribution in [3.63, 3.8) is 0 Å². The highest BCUT2D eigenvalue weighted by molar-refractivity contribution is 5.27. The number of hydrogen-bond acceptors (Lipinski definition) is 6. The third kappa shape index (κ3) is 4.72. The first kappa shape index (κ1) is 21.2. The van der Waals surface area contributed by atoms with E-state index < -0.39 is 0 Å². The summed E-state index contributed by atoms with van der Waals surface area (Å²) in [5, 5.41) is 12.6. The van der Waals surface area contributed by atoms with Crippen molar-refractivity contribution in [2.24, 2.45) is 0 Å². The lowest BCUT2D eigenvalue weighted by Crippen LogP contribution is -2.48. The van der Waals surface area contributed by atoms with Crippen LogP contribution in [0.1, 0.15) is 35.8 Å². The van der Waals surface area contributed by atoms with Gasteiger partial charge in [0.05, 0.1) is 12.6 Å². The van der Waals surface area contributed by atoms with E-state index in [1.807, 2.05) is 22.9 Å². The number of piperazine rings is 1. The predicted molar refractivity (Wildman–Crippen MR) is 118 cm³/mol. The van der Waals surface area contributed by atoms with Gasteiger partial charge in [0, 0.05) is 44.9 Å². The van der Waals surface area contributed by atoms with Crippen molar-refractivity contribution in [2.75, 3.05) is 32.8 Å². The van der Waals surface area contributed by atoms with Crippen molar-refractivity contribution in [3.05, 3.63) is 77.4 Å². The van der Waals surface area contributed by atoms with Gasteiger partial charge < -0.3 is 4.74 Å². The van der Waals surface area contributed by atoms with Crippen LogP contribution in [0.3, 0.4) is 0 Å². The van der Waals surface area contributed by atoms with Gasteiger partial charge in [-0.3, -0.25) is 9.80 Å². The summed E-state index contributed by atoms with van der Waals surface area (Å²) in [6, 6.07) is 17.2. The van der Waals surface area contributed by atoms with Gasteiger partial charge in [-0.1, -0.05) is 48.5 Å². The molecule has 2 aliphatic heterocycles. The van der Waals surface area contributed by atoms with Crippen molar-refractivity contribution < 1.29 is 9.13 Å². The number of halogens is 1. The zero-order valence-electron chi connectivity index (χ0n) is 18.2. The molecule has 0 radical (unpaired) electrons. The molecule has 0 unspecified atom stereocenters. The molecular weight excluding hydrogens is 407 g/mol. The molecule has 1 aromatic heterocycles. The Bertz CT molecular complexity index is 998. The summed E-state index contributed by atoms with van der Waals surface area (Å²) in [6.07, 6.45) is 2.17. The number of hydrogen-bond donors (Lipinski definition) is 0. The summed E-state index contributed by atoms with van der Waals surface area (Å²) in [5.74, 6) is 0.456. The zero-order chi connectivity index (χ0) is 21.8. The molecule has 3 aromatic rings. The molecule has 2 atom stereocenters. The Hall–Kier alpha value is -2.68. The molecule has 32 heavy (non-hydrogen) atoms. The van der Waals surface area contributed by atoms with Gasteiger partial charge in [-0.2, -0.15) is 0 Å². The van der Waals surface area contributed by atoms with E-state index in [2.05, 4.69) is 49.6 Å². The van der Waals surface area contributed by atoms with Crippen LogP contribution in [0.15, 0.2) is 54.6 Å². The lowest BCUT2D eigenvalue weighted by Gasteiger charge is -2.39. The molecule has 168 valence electrons. The van der Waals surface area contributed by atoms with Crippen molar-refractivity contribution >= 4 is 0 Å². The van der Waals surface area contributed by atoms with Crippen LogP contribution in [0, 0.1) is 5.82 Å². The first-order valence-electron chi connectivity index (χ1n) is 11.4. The molecule has 0 spiro atoms. The number of nitrogens with zero attached hydrogens (tertiary/aromatic N) is 6. The van der Waals surface area contributed by atoms with E-state index >= 15 is 0 Å². The van der Waals surface area contributed by atoms with Crippen LogP contribution >= 0.6 is 0 Å². The molecule has 0 amide bonds. The van der Waals surface area contributed by atoms with E-state index in [9.17, 15) is 4.39 Å². The standard InChI is InChI=1S/C24H29FN6O/c25-22-11-5-4-10-21(22)23(24-26-27-28-31(24)18-20-9-6-16-32-20)30-14-12-29(13-15-30)17-19-7-2-1-3-8-19/h1-5,7-8,10-11,20,23H,6,9,12-18H2/t20-,23-/m1/s1. The fourth-order valence-corrected chi connectivity index (χ4v) is 4.74. The second-order valence-corrected chi connectivity index (χ2v) is 8.58. The van der Waals surface area contributed by atoms with Gasteiger partial charge in [0.2, 0.25) is 0 Å². The molecule has 2 saturated heterocycles. The van der Waals surface area contributed by atoms with Crippen LogP contribution in [-0.2, 0) is 17.8 Å². The van der Waals surface area contributed by atoms with Gasteiger partial charge in [-0.15, -0.1) is 5.10 Å². The Balaban J connectivity index is 1.36. The number of tetrazole rings is 1. The average Bonchev–Trinajstić information content (AvgIpc) is 3.50. The van der Waals surface area contributed by atoms with Crippen molar-refractivity contribution in [3.8, 4) is 0 Å². The Labute approximate surface area is 187 Å². The van der Waals surface area contributed by atoms with Crippen molar-refractivity contribution in [2.45, 2.75) is 38.1 Å². The van der Waals surface area contributed by atoms with Crippen LogP contribution in [0.25, 0.3) is 0 Å². The fraction of sp³-hybridized carbons (Fsp3) is 0.458. The highest BCUT2D eigenvalue weighted by Gasteiger charge is 2.33. The molecule has 0 N–H and O–H groups in total. The Morgan fingerprint density at radius 1 is 1.00 bits per heavy atom. The van der Waals surface area contributed by atoms with Crippen molar-refractivity contribution in [1.29, 1.82) is 0 Å². The lowest BCUT2D eigenvalue weighted by atomic mass is 10.0. The number of rotatable bonds is 7. The van der Waals surface area contributed by atoms with Gasteiger partial charge >= 0.3 is 0 Å². The van der Waals surface area contributed by atoms with Crippen LogP contribution in [0.4, 0.5) is 4.39 Å². The van der Waals surface area contributed by atoms with Gasteiger partial charge in [-0.25, -0.2) is 9.07 Å². The third-order valence-corrected chi connectivity index (χ3v) is 6.43. The topological polar surface area (TPSA) is 59.3 Å². The van der Waals surface area contributed by atoms with Crippen LogP contribution in [0.2, 0.25) is 0 Å². The Morgan fingerprint density at radius 3 is 2.53 bits per heavy atom. The number of benzene rings is 2. The molecule has 8 heteroatoms. The first-order valence-corrected chi connectivity index (χ1v) is 11.4. The normalized spacial score (nSPS) is 21.1. The minimum absolute atomic E-state index is 0.112. The second-order valence-electron chi connectivity index (χ2n) is 8.58. The molecule has 2 fully saturated rings. The molecule has 0 saturated carbocycles. The SMILES string of the molecule is Fc1ccccc1[C@H](c1nnnn1C[C@H]1CCCO1)N1CCN(Cc2ccccc2)CC1. The van der Waals surface area contributed by atoms with E-state index in [-0.39, 0.29) is 18.0 Å². The summed E-state index contributed by atoms with van der Waals surface area (Å²) >= 11 is 0. The molecule has 3 heterocycles. The van der Waals surface area contributed by atoms with E-state index in [0.717, 1.165) is 52.2 Å². The first-order chi connectivity index (χ1) is 15.8. The van der Waals surface area contributed by atoms with E-state index in [1.165, 1.54) is 11.6 Å². The van der Waals surface area contributed by atoms with E-state index in [4.69, 9.17) is 4.74 Å². The molecule has 0 aliphatic carbocycles. The Kier molecular flexibility index (Phi) is 6.52. The second kappa shape index (κ2) is 9.85. The molecule has 2 aliphatic rings. The average molecular weight is 437 g/mol. The van der Waals surface area contributed by atoms with Gasteiger partial charge in [-0.05, 0) is 34.9 Å². The molecular formula is C24H29FN6O. The third-order valence-electron chi connectivity index (χ3n) is 6.43. The quantitative estimate of drug-likeness (QED) is 0.568. The zero-order valence-corrected chi connectivity index (χ0v) is 18.2. The van der Waals surface area contributed by atoms with Gasteiger partial charge in [0.25, 0.3) is 0 Å². The van der Waals surface area contributed by atoms with Crippen LogP contribution < -0.4 is 0 Å². The highest BCUT2D eigenvalue weighted by Crippen LogP contribution is 2.30. The molecule has 7 nitrogen and oxygen atoms in total. The maximum atomic E-state index is 14.9. The number of ether oxygens (including phenoxy) is 1. The largest absolute Gasteiger partial charge is 0.376 e. The maximum Gasteiger partial charge on any atom is 0.173 e. The smallest absolute Gasteiger partial charge is 0.173 e. The minimum Gasteiger partial charge on any atom is -0.376 e. The van der Waals surface area contributed by atoms with Gasteiger partial charge in [0.15, 0.2) is 5.82 Å². The Morgan fingerprint density at radius 2 is 1.78 bits per heavy atom. The van der Waals surface area contributed by atoms with Gasteiger partial charge in [0.1, 0.15) is 11.9 Å².